The lowest BCUT2D eigenvalue weighted by atomic mass is 9.98. The number of rotatable bonds is 6. The van der Waals surface area contributed by atoms with Crippen molar-refractivity contribution < 1.29 is 14.6 Å². The minimum atomic E-state index is -0.876. The predicted molar refractivity (Wildman–Crippen MR) is 91.3 cm³/mol. The van der Waals surface area contributed by atoms with Gasteiger partial charge in [0.05, 0.1) is 18.4 Å². The van der Waals surface area contributed by atoms with Gasteiger partial charge in [-0.1, -0.05) is 12.1 Å². The maximum absolute atomic E-state index is 10.9. The molecule has 0 radical (unpaired) electrons. The smallest absolute Gasteiger partial charge is 0.335 e. The number of benzene rings is 1. The normalized spacial score (nSPS) is 17.8. The first-order valence-electron chi connectivity index (χ1n) is 8.17. The highest BCUT2D eigenvalue weighted by Gasteiger charge is 2.23. The van der Waals surface area contributed by atoms with Crippen molar-refractivity contribution in [2.75, 3.05) is 20.2 Å². The molecule has 1 N–H and O–H groups in total. The summed E-state index contributed by atoms with van der Waals surface area (Å²) in [6, 6.07) is 11.1. The molecule has 0 aliphatic carbocycles. The molecule has 24 heavy (non-hydrogen) atoms. The van der Waals surface area contributed by atoms with Crippen LogP contribution in [0, 0.1) is 5.92 Å². The number of carboxylic acids is 1. The molecule has 5 nitrogen and oxygen atoms in total. The fourth-order valence-corrected chi connectivity index (χ4v) is 3.24. The zero-order valence-corrected chi connectivity index (χ0v) is 13.8. The van der Waals surface area contributed by atoms with Gasteiger partial charge in [0.25, 0.3) is 0 Å². The van der Waals surface area contributed by atoms with Gasteiger partial charge in [-0.15, -0.1) is 0 Å². The molecule has 0 bridgehead atoms. The summed E-state index contributed by atoms with van der Waals surface area (Å²) in [5, 5.41) is 8.95. The second-order valence-electron chi connectivity index (χ2n) is 6.28. The number of aromatic carboxylic acids is 1. The van der Waals surface area contributed by atoms with Gasteiger partial charge < -0.3 is 9.84 Å². The van der Waals surface area contributed by atoms with E-state index < -0.39 is 5.97 Å². The number of hydrogen-bond donors (Lipinski definition) is 1. The summed E-state index contributed by atoms with van der Waals surface area (Å²) in [5.74, 6) is 0.569. The van der Waals surface area contributed by atoms with Crippen molar-refractivity contribution in [1.82, 2.24) is 9.88 Å². The maximum Gasteiger partial charge on any atom is 0.335 e. The van der Waals surface area contributed by atoms with E-state index in [4.69, 9.17) is 9.84 Å². The molecule has 0 spiro atoms. The van der Waals surface area contributed by atoms with Gasteiger partial charge in [-0.3, -0.25) is 9.88 Å². The molecule has 1 unspecified atom stereocenters. The topological polar surface area (TPSA) is 62.7 Å². The maximum atomic E-state index is 10.9. The van der Waals surface area contributed by atoms with Crippen LogP contribution in [0.4, 0.5) is 0 Å². The van der Waals surface area contributed by atoms with Gasteiger partial charge in [-0.25, -0.2) is 4.79 Å². The Balaban J connectivity index is 1.54. The van der Waals surface area contributed by atoms with Gasteiger partial charge in [-0.2, -0.15) is 0 Å². The first-order valence-corrected chi connectivity index (χ1v) is 8.17. The van der Waals surface area contributed by atoms with Crippen LogP contribution in [-0.4, -0.2) is 41.2 Å². The standard InChI is InChI=1S/C19H22N2O3/c1-24-18-6-8-20-17(11-18)13-21-9-7-15(12-21)10-14-2-4-16(5-3-14)19(22)23/h2-6,8,11,15H,7,9-10,12-13H2,1H3,(H,22,23). The molecule has 5 heteroatoms. The molecule has 1 aromatic heterocycles. The lowest BCUT2D eigenvalue weighted by molar-refractivity contribution is 0.0697. The van der Waals surface area contributed by atoms with Crippen LogP contribution in [0.15, 0.2) is 42.6 Å². The van der Waals surface area contributed by atoms with Gasteiger partial charge in [-0.05, 0) is 49.1 Å². The Bertz CT molecular complexity index is 700. The molecular weight excluding hydrogens is 304 g/mol. The number of pyridine rings is 1. The number of hydrogen-bond acceptors (Lipinski definition) is 4. The van der Waals surface area contributed by atoms with Crippen LogP contribution in [0.5, 0.6) is 5.75 Å². The molecular formula is C19H22N2O3. The number of carbonyl (C=O) groups is 1. The third-order valence-corrected chi connectivity index (χ3v) is 4.50. The molecule has 1 aliphatic rings. The van der Waals surface area contributed by atoms with Crippen LogP contribution >= 0.6 is 0 Å². The second-order valence-corrected chi connectivity index (χ2v) is 6.28. The van der Waals surface area contributed by atoms with E-state index in [1.54, 1.807) is 25.4 Å². The van der Waals surface area contributed by atoms with Gasteiger partial charge in [0.15, 0.2) is 0 Å². The van der Waals surface area contributed by atoms with Crippen molar-refractivity contribution in [3.63, 3.8) is 0 Å². The largest absolute Gasteiger partial charge is 0.497 e. The number of ether oxygens (including phenoxy) is 1. The molecule has 3 rings (SSSR count). The molecule has 0 saturated carbocycles. The highest BCUT2D eigenvalue weighted by Crippen LogP contribution is 2.23. The quantitative estimate of drug-likeness (QED) is 0.884. The minimum absolute atomic E-state index is 0.343. The van der Waals surface area contributed by atoms with Crippen LogP contribution in [0.1, 0.15) is 28.0 Å². The molecule has 126 valence electrons. The van der Waals surface area contributed by atoms with Crippen molar-refractivity contribution in [2.24, 2.45) is 5.92 Å². The first kappa shape index (κ1) is 16.5. The number of carboxylic acid groups (broad SMARTS) is 1. The summed E-state index contributed by atoms with van der Waals surface area (Å²) in [5.41, 5.74) is 2.57. The zero-order chi connectivity index (χ0) is 16.9. The molecule has 1 saturated heterocycles. The van der Waals surface area contributed by atoms with Crippen LogP contribution < -0.4 is 4.74 Å². The summed E-state index contributed by atoms with van der Waals surface area (Å²) >= 11 is 0. The van der Waals surface area contributed by atoms with Crippen molar-refractivity contribution in [2.45, 2.75) is 19.4 Å². The highest BCUT2D eigenvalue weighted by molar-refractivity contribution is 5.87. The molecule has 2 aromatic rings. The third kappa shape index (κ3) is 4.11. The van der Waals surface area contributed by atoms with Crippen molar-refractivity contribution in [3.05, 3.63) is 59.4 Å². The summed E-state index contributed by atoms with van der Waals surface area (Å²) in [7, 11) is 1.67. The van der Waals surface area contributed by atoms with Crippen molar-refractivity contribution in [3.8, 4) is 5.75 Å². The lowest BCUT2D eigenvalue weighted by Gasteiger charge is -2.16. The van der Waals surface area contributed by atoms with Gasteiger partial charge in [0, 0.05) is 25.4 Å². The van der Waals surface area contributed by atoms with Crippen LogP contribution in [0.3, 0.4) is 0 Å². The average Bonchev–Trinajstić information content (AvgIpc) is 3.02. The van der Waals surface area contributed by atoms with Gasteiger partial charge in [0.1, 0.15) is 5.75 Å². The Morgan fingerprint density at radius 2 is 2.12 bits per heavy atom. The summed E-state index contributed by atoms with van der Waals surface area (Å²) in [4.78, 5) is 17.7. The lowest BCUT2D eigenvalue weighted by Crippen LogP contribution is -2.21. The summed E-state index contributed by atoms with van der Waals surface area (Å²) in [6.07, 6.45) is 3.93. The molecule has 1 atom stereocenters. The SMILES string of the molecule is COc1ccnc(CN2CCC(Cc3ccc(C(=O)O)cc3)C2)c1. The Morgan fingerprint density at radius 3 is 2.83 bits per heavy atom. The van der Waals surface area contributed by atoms with Crippen molar-refractivity contribution in [1.29, 1.82) is 0 Å². The van der Waals surface area contributed by atoms with E-state index in [2.05, 4.69) is 9.88 Å². The van der Waals surface area contributed by atoms with E-state index in [1.807, 2.05) is 24.3 Å². The van der Waals surface area contributed by atoms with Gasteiger partial charge in [0.2, 0.25) is 0 Å². The Hall–Kier alpha value is -2.40. The van der Waals surface area contributed by atoms with Crippen LogP contribution in [0.2, 0.25) is 0 Å². The Morgan fingerprint density at radius 1 is 1.33 bits per heavy atom. The second kappa shape index (κ2) is 7.45. The van der Waals surface area contributed by atoms with Crippen molar-refractivity contribution >= 4 is 5.97 Å². The highest BCUT2D eigenvalue weighted by atomic mass is 16.5. The molecule has 0 amide bonds. The number of nitrogens with zero attached hydrogens (tertiary/aromatic N) is 2. The fourth-order valence-electron chi connectivity index (χ4n) is 3.24. The van der Waals surface area contributed by atoms with E-state index in [-0.39, 0.29) is 0 Å². The third-order valence-electron chi connectivity index (χ3n) is 4.50. The number of aromatic nitrogens is 1. The van der Waals surface area contributed by atoms with Crippen LogP contribution in [0.25, 0.3) is 0 Å². The monoisotopic (exact) mass is 326 g/mol. The van der Waals surface area contributed by atoms with E-state index >= 15 is 0 Å². The van der Waals surface area contributed by atoms with E-state index in [0.717, 1.165) is 43.9 Å². The summed E-state index contributed by atoms with van der Waals surface area (Å²) in [6.45, 7) is 2.95. The van der Waals surface area contributed by atoms with Crippen LogP contribution in [-0.2, 0) is 13.0 Å². The Kier molecular flexibility index (Phi) is 5.11. The Labute approximate surface area is 141 Å². The first-order chi connectivity index (χ1) is 11.6. The fraction of sp³-hybridized carbons (Fsp3) is 0.368. The predicted octanol–water partition coefficient (Wildman–Crippen LogP) is 2.85. The van der Waals surface area contributed by atoms with Gasteiger partial charge >= 0.3 is 5.97 Å². The van der Waals surface area contributed by atoms with E-state index in [9.17, 15) is 4.79 Å². The summed E-state index contributed by atoms with van der Waals surface area (Å²) < 4.78 is 5.25. The number of methoxy groups -OCH3 is 1. The van der Waals surface area contributed by atoms with E-state index in [1.165, 1.54) is 5.56 Å². The molecule has 1 aromatic carbocycles. The molecule has 2 heterocycles. The van der Waals surface area contributed by atoms with E-state index in [0.29, 0.717) is 11.5 Å². The average molecular weight is 326 g/mol. The minimum Gasteiger partial charge on any atom is -0.497 e. The number of likely N-dealkylation sites (tertiary alicyclic amines) is 1. The zero-order valence-electron chi connectivity index (χ0n) is 13.8. The molecule has 1 fully saturated rings. The molecule has 1 aliphatic heterocycles.